The molecular weight excluding hydrogens is 458 g/mol. The Morgan fingerprint density at radius 2 is 1.73 bits per heavy atom. The van der Waals surface area contributed by atoms with E-state index in [2.05, 4.69) is 23.9 Å². The molecule has 0 radical (unpaired) electrons. The highest BCUT2D eigenvalue weighted by Gasteiger charge is 2.36. The minimum Gasteiger partial charge on any atom is -0.341 e. The first kappa shape index (κ1) is 23.6. The normalized spacial score (nSPS) is 18.9. The lowest BCUT2D eigenvalue weighted by molar-refractivity contribution is -0.133. The lowest BCUT2D eigenvalue weighted by Crippen LogP contribution is -2.45. The van der Waals surface area contributed by atoms with Crippen LogP contribution in [0.25, 0.3) is 0 Å². The summed E-state index contributed by atoms with van der Waals surface area (Å²) < 4.78 is 28.4. The third kappa shape index (κ3) is 5.35. The predicted molar refractivity (Wildman–Crippen MR) is 131 cm³/mol. The Hall–Kier alpha value is -2.52. The molecule has 2 aromatic rings. The van der Waals surface area contributed by atoms with Gasteiger partial charge in [-0.25, -0.2) is 8.42 Å². The monoisotopic (exact) mass is 487 g/mol. The molecule has 0 aromatic heterocycles. The number of nitrogens with one attached hydrogen (secondary N) is 2. The van der Waals surface area contributed by atoms with Crippen LogP contribution in [0.15, 0.2) is 52.3 Å². The predicted octanol–water partition coefficient (Wildman–Crippen LogP) is 4.43. The van der Waals surface area contributed by atoms with Crippen LogP contribution < -0.4 is 10.0 Å². The Labute approximate surface area is 199 Å². The van der Waals surface area contributed by atoms with Crippen LogP contribution in [0.5, 0.6) is 0 Å². The van der Waals surface area contributed by atoms with Gasteiger partial charge in [-0.05, 0) is 54.7 Å². The molecule has 2 aromatic carbocycles. The van der Waals surface area contributed by atoms with E-state index in [9.17, 15) is 18.0 Å². The Balaban J connectivity index is 1.50. The smallest absolute Gasteiger partial charge is 0.261 e. The summed E-state index contributed by atoms with van der Waals surface area (Å²) in [5.41, 5.74) is 2.00. The number of nitrogens with zero attached hydrogens (tertiary/aromatic N) is 1. The van der Waals surface area contributed by atoms with Crippen LogP contribution in [-0.4, -0.2) is 43.5 Å². The summed E-state index contributed by atoms with van der Waals surface area (Å²) in [6.07, 6.45) is 4.11. The molecule has 33 heavy (non-hydrogen) atoms. The average molecular weight is 488 g/mol. The first-order chi connectivity index (χ1) is 15.7. The van der Waals surface area contributed by atoms with Gasteiger partial charge in [0.05, 0.1) is 10.6 Å². The standard InChI is InChI=1S/C24H29N3O4S2/c1-16(2)17-7-9-18(10-8-17)26-33(30,31)19-11-12-21-20(15-19)25-23(28)22(32-21)24(29)27-13-5-3-4-6-14-27/h7-12,15-16,22,26H,3-6,13-14H2,1-2H3,(H,25,28)/t22-/m0/s1. The van der Waals surface area contributed by atoms with Gasteiger partial charge in [-0.15, -0.1) is 11.8 Å². The third-order valence-electron chi connectivity index (χ3n) is 5.97. The van der Waals surface area contributed by atoms with Crippen molar-refractivity contribution in [3.05, 3.63) is 48.0 Å². The van der Waals surface area contributed by atoms with E-state index in [1.807, 2.05) is 12.1 Å². The molecule has 2 aliphatic rings. The molecule has 2 N–H and O–H groups in total. The number of sulfonamides is 1. The fourth-order valence-electron chi connectivity index (χ4n) is 4.03. The van der Waals surface area contributed by atoms with Gasteiger partial charge in [0.2, 0.25) is 11.8 Å². The summed E-state index contributed by atoms with van der Waals surface area (Å²) in [7, 11) is -3.83. The molecule has 1 fully saturated rings. The molecule has 1 saturated heterocycles. The maximum absolute atomic E-state index is 13.0. The van der Waals surface area contributed by atoms with Crippen molar-refractivity contribution in [2.24, 2.45) is 0 Å². The molecule has 0 saturated carbocycles. The Kier molecular flexibility index (Phi) is 6.99. The Bertz CT molecular complexity index is 1140. The van der Waals surface area contributed by atoms with Crippen LogP contribution in [0.3, 0.4) is 0 Å². The first-order valence-electron chi connectivity index (χ1n) is 11.3. The van der Waals surface area contributed by atoms with Gasteiger partial charge in [-0.3, -0.25) is 14.3 Å². The highest BCUT2D eigenvalue weighted by molar-refractivity contribution is 8.01. The molecule has 7 nitrogen and oxygen atoms in total. The third-order valence-corrected chi connectivity index (χ3v) is 8.61. The van der Waals surface area contributed by atoms with E-state index in [-0.39, 0.29) is 10.8 Å². The van der Waals surface area contributed by atoms with Crippen molar-refractivity contribution in [2.75, 3.05) is 23.1 Å². The van der Waals surface area contributed by atoms with Crippen LogP contribution >= 0.6 is 11.8 Å². The largest absolute Gasteiger partial charge is 0.341 e. The number of carbonyl (C=O) groups excluding carboxylic acids is 2. The van der Waals surface area contributed by atoms with E-state index in [4.69, 9.17) is 0 Å². The van der Waals surface area contributed by atoms with Crippen molar-refractivity contribution in [1.29, 1.82) is 0 Å². The fourth-order valence-corrected chi connectivity index (χ4v) is 6.16. The summed E-state index contributed by atoms with van der Waals surface area (Å²) in [5, 5.41) is 1.89. The number of fused-ring (bicyclic) bond motifs is 1. The number of benzene rings is 2. The lowest BCUT2D eigenvalue weighted by Gasteiger charge is -2.28. The topological polar surface area (TPSA) is 95.6 Å². The van der Waals surface area contributed by atoms with Crippen LogP contribution in [0, 0.1) is 0 Å². The number of likely N-dealkylation sites (tertiary alicyclic amines) is 1. The minimum atomic E-state index is -3.83. The number of hydrogen-bond acceptors (Lipinski definition) is 5. The van der Waals surface area contributed by atoms with Crippen molar-refractivity contribution in [3.8, 4) is 0 Å². The zero-order valence-corrected chi connectivity index (χ0v) is 20.5. The zero-order chi connectivity index (χ0) is 23.6. The van der Waals surface area contributed by atoms with Gasteiger partial charge in [0, 0.05) is 23.7 Å². The first-order valence-corrected chi connectivity index (χ1v) is 13.6. The van der Waals surface area contributed by atoms with Crippen molar-refractivity contribution < 1.29 is 18.0 Å². The van der Waals surface area contributed by atoms with Gasteiger partial charge in [-0.2, -0.15) is 0 Å². The summed E-state index contributed by atoms with van der Waals surface area (Å²) in [6.45, 7) is 5.50. The Morgan fingerprint density at radius 3 is 2.36 bits per heavy atom. The van der Waals surface area contributed by atoms with Gasteiger partial charge in [-0.1, -0.05) is 38.8 Å². The number of rotatable bonds is 5. The van der Waals surface area contributed by atoms with Gasteiger partial charge in [0.25, 0.3) is 10.0 Å². The van der Waals surface area contributed by atoms with Crippen molar-refractivity contribution in [2.45, 2.75) is 60.5 Å². The molecule has 176 valence electrons. The number of carbonyl (C=O) groups is 2. The van der Waals surface area contributed by atoms with E-state index < -0.39 is 21.2 Å². The minimum absolute atomic E-state index is 0.0485. The molecule has 2 amide bonds. The van der Waals surface area contributed by atoms with Crippen molar-refractivity contribution >= 4 is 45.0 Å². The zero-order valence-electron chi connectivity index (χ0n) is 18.8. The van der Waals surface area contributed by atoms with Crippen LogP contribution in [0.1, 0.15) is 51.0 Å². The van der Waals surface area contributed by atoms with E-state index in [0.29, 0.717) is 35.3 Å². The van der Waals surface area contributed by atoms with Crippen molar-refractivity contribution in [3.63, 3.8) is 0 Å². The van der Waals surface area contributed by atoms with E-state index in [1.165, 1.54) is 23.9 Å². The second kappa shape index (κ2) is 9.77. The average Bonchev–Trinajstić information content (AvgIpc) is 3.07. The van der Waals surface area contributed by atoms with Crippen LogP contribution in [0.2, 0.25) is 0 Å². The lowest BCUT2D eigenvalue weighted by atomic mass is 10.0. The molecule has 0 aliphatic carbocycles. The van der Waals surface area contributed by atoms with Crippen molar-refractivity contribution in [1.82, 2.24) is 4.90 Å². The number of thioether (sulfide) groups is 1. The molecule has 0 unspecified atom stereocenters. The maximum atomic E-state index is 13.0. The summed E-state index contributed by atoms with van der Waals surface area (Å²) in [6, 6.07) is 11.9. The highest BCUT2D eigenvalue weighted by atomic mass is 32.2. The fraction of sp³-hybridized carbons (Fsp3) is 0.417. The molecule has 4 rings (SSSR count). The SMILES string of the molecule is CC(C)c1ccc(NS(=O)(=O)c2ccc3c(c2)NC(=O)[C@@H](C(=O)N2CCCCCC2)S3)cc1. The Morgan fingerprint density at radius 1 is 1.06 bits per heavy atom. The van der Waals surface area contributed by atoms with E-state index in [1.54, 1.807) is 23.1 Å². The highest BCUT2D eigenvalue weighted by Crippen LogP contribution is 2.38. The van der Waals surface area contributed by atoms with Gasteiger partial charge in [0.1, 0.15) is 0 Å². The number of amides is 2. The van der Waals surface area contributed by atoms with Gasteiger partial charge in [0.15, 0.2) is 5.25 Å². The van der Waals surface area contributed by atoms with E-state index >= 15 is 0 Å². The maximum Gasteiger partial charge on any atom is 0.261 e. The summed E-state index contributed by atoms with van der Waals surface area (Å²) in [5.74, 6) is -0.228. The molecule has 9 heteroatoms. The summed E-state index contributed by atoms with van der Waals surface area (Å²) >= 11 is 1.18. The van der Waals surface area contributed by atoms with E-state index in [0.717, 1.165) is 31.2 Å². The molecule has 2 aliphatic heterocycles. The number of hydrogen-bond donors (Lipinski definition) is 2. The quantitative estimate of drug-likeness (QED) is 0.609. The molecular formula is C24H29N3O4S2. The second-order valence-corrected chi connectivity index (χ2v) is 11.6. The molecule has 2 heterocycles. The van der Waals surface area contributed by atoms with Gasteiger partial charge >= 0.3 is 0 Å². The molecule has 1 atom stereocenters. The molecule has 0 spiro atoms. The second-order valence-electron chi connectivity index (χ2n) is 8.77. The van der Waals surface area contributed by atoms with Crippen LogP contribution in [0.4, 0.5) is 11.4 Å². The number of anilines is 2. The summed E-state index contributed by atoms with van der Waals surface area (Å²) in [4.78, 5) is 28.2. The molecule has 0 bridgehead atoms. The van der Waals surface area contributed by atoms with Gasteiger partial charge < -0.3 is 10.2 Å². The van der Waals surface area contributed by atoms with Crippen LogP contribution in [-0.2, 0) is 19.6 Å².